The number of benzene rings is 1. The van der Waals surface area contributed by atoms with E-state index in [1.165, 1.54) is 6.07 Å². The van der Waals surface area contributed by atoms with Crippen LogP contribution in [-0.4, -0.2) is 33.9 Å². The first kappa shape index (κ1) is 21.4. The van der Waals surface area contributed by atoms with Crippen LogP contribution in [0.25, 0.3) is 0 Å². The number of halogens is 2. The highest BCUT2D eigenvalue weighted by Crippen LogP contribution is 2.24. The third kappa shape index (κ3) is 4.80. The number of pyridine rings is 1. The van der Waals surface area contributed by atoms with Crippen LogP contribution in [0.5, 0.6) is 0 Å². The topological polar surface area (TPSA) is 167 Å². The first-order valence-electron chi connectivity index (χ1n) is 8.84. The van der Waals surface area contributed by atoms with Crippen molar-refractivity contribution in [2.45, 2.75) is 6.54 Å². The van der Waals surface area contributed by atoms with Gasteiger partial charge in [0.2, 0.25) is 5.82 Å². The lowest BCUT2D eigenvalue weighted by molar-refractivity contribution is -0.112. The van der Waals surface area contributed by atoms with Crippen molar-refractivity contribution < 1.29 is 23.7 Å². The summed E-state index contributed by atoms with van der Waals surface area (Å²) in [6.45, 7) is 0.0682. The zero-order chi connectivity index (χ0) is 22.5. The molecule has 0 aliphatic rings. The summed E-state index contributed by atoms with van der Waals surface area (Å²) < 4.78 is 32.3. The van der Waals surface area contributed by atoms with Gasteiger partial charge in [0.25, 0.3) is 5.71 Å². The van der Waals surface area contributed by atoms with Crippen LogP contribution in [-0.2, 0) is 11.3 Å². The number of ether oxygens (including phenoxy) is 1. The van der Waals surface area contributed by atoms with Crippen LogP contribution in [0.1, 0.15) is 17.0 Å². The largest absolute Gasteiger partial charge is 0.453 e. The van der Waals surface area contributed by atoms with E-state index in [1.807, 2.05) is 0 Å². The number of nitrogen functional groups attached to an aromatic ring is 2. The summed E-state index contributed by atoms with van der Waals surface area (Å²) in [6.07, 6.45) is 0.161. The molecule has 31 heavy (non-hydrogen) atoms. The Morgan fingerprint density at radius 3 is 2.52 bits per heavy atom. The summed E-state index contributed by atoms with van der Waals surface area (Å²) in [5.74, 6) is -1.39. The normalized spacial score (nSPS) is 10.4. The van der Waals surface area contributed by atoms with Crippen LogP contribution in [0.4, 0.5) is 36.7 Å². The number of rotatable bonds is 6. The number of carbonyl (C=O) groups is 1. The molecule has 10 nitrogen and oxygen atoms in total. The van der Waals surface area contributed by atoms with Gasteiger partial charge in [-0.3, -0.25) is 10.7 Å². The second-order valence-electron chi connectivity index (χ2n) is 6.22. The number of hydrogen-bond donors (Lipinski definition) is 5. The molecule has 2 heterocycles. The molecule has 0 bridgehead atoms. The van der Waals surface area contributed by atoms with Gasteiger partial charge in [0.15, 0.2) is 11.6 Å². The molecule has 0 aliphatic heterocycles. The average molecular weight is 429 g/mol. The van der Waals surface area contributed by atoms with E-state index in [2.05, 4.69) is 30.3 Å². The standard InChI is InChI=1S/C19H18F2N8O2/c1-31-19(30)27-14-15(23)28-18(29-16(14)24)13(22)11-6-10(20)8-26-17(11)25-7-9-4-2-3-5-12(9)21/h2-6,8,22H,7H2,1H3,(H,25,26)(H,27,30)(H4,23,24,28,29)/p+1. The van der Waals surface area contributed by atoms with Gasteiger partial charge in [0.05, 0.1) is 18.9 Å². The summed E-state index contributed by atoms with van der Waals surface area (Å²) in [7, 11) is 1.16. The van der Waals surface area contributed by atoms with Gasteiger partial charge in [-0.25, -0.2) is 28.5 Å². The van der Waals surface area contributed by atoms with E-state index in [0.29, 0.717) is 5.56 Å². The summed E-state index contributed by atoms with van der Waals surface area (Å²) >= 11 is 0. The van der Waals surface area contributed by atoms with Crippen LogP contribution in [0.2, 0.25) is 0 Å². The molecule has 0 aliphatic carbocycles. The molecule has 3 rings (SSSR count). The summed E-state index contributed by atoms with van der Waals surface area (Å²) in [5, 5.41) is 11.4. The Bertz CT molecular complexity index is 1130. The van der Waals surface area contributed by atoms with Crippen LogP contribution >= 0.6 is 0 Å². The van der Waals surface area contributed by atoms with Crippen LogP contribution < -0.4 is 27.5 Å². The maximum Gasteiger partial charge on any atom is 0.411 e. The number of nitrogens with zero attached hydrogens (tertiary/aromatic N) is 3. The Kier molecular flexibility index (Phi) is 6.19. The van der Waals surface area contributed by atoms with Crippen LogP contribution in [0.15, 0.2) is 36.5 Å². The SMILES string of the molecule is COC(=O)Nc1c(N)nc(C(=[NH2+])c2cc(F)cnc2NCc2ccccc2F)nc1N. The first-order chi connectivity index (χ1) is 14.8. The highest BCUT2D eigenvalue weighted by atomic mass is 19.1. The number of nitrogens with one attached hydrogen (secondary N) is 2. The maximum absolute atomic E-state index is 13.9. The molecule has 160 valence electrons. The van der Waals surface area contributed by atoms with Crippen molar-refractivity contribution in [3.8, 4) is 0 Å². The number of nitrogens with two attached hydrogens (primary N) is 3. The van der Waals surface area contributed by atoms with Crippen molar-refractivity contribution in [3.05, 3.63) is 65.1 Å². The van der Waals surface area contributed by atoms with E-state index in [1.54, 1.807) is 18.2 Å². The Balaban J connectivity index is 1.92. The number of methoxy groups -OCH3 is 1. The van der Waals surface area contributed by atoms with Crippen molar-refractivity contribution in [2.75, 3.05) is 29.2 Å². The first-order valence-corrected chi connectivity index (χ1v) is 8.84. The lowest BCUT2D eigenvalue weighted by Crippen LogP contribution is -2.43. The van der Waals surface area contributed by atoms with Crippen LogP contribution in [0.3, 0.4) is 0 Å². The molecule has 1 amide bonds. The van der Waals surface area contributed by atoms with E-state index < -0.39 is 17.7 Å². The number of amides is 1. The zero-order valence-corrected chi connectivity index (χ0v) is 16.3. The number of carbonyl (C=O) groups excluding carboxylic acids is 1. The molecule has 0 saturated heterocycles. The van der Waals surface area contributed by atoms with E-state index >= 15 is 0 Å². The number of anilines is 4. The van der Waals surface area contributed by atoms with Crippen molar-refractivity contribution in [3.63, 3.8) is 0 Å². The second-order valence-corrected chi connectivity index (χ2v) is 6.22. The number of hydrogen-bond acceptors (Lipinski definition) is 8. The fourth-order valence-electron chi connectivity index (χ4n) is 2.62. The lowest BCUT2D eigenvalue weighted by Gasteiger charge is -2.12. The molecule has 12 heteroatoms. The minimum Gasteiger partial charge on any atom is -0.453 e. The van der Waals surface area contributed by atoms with Gasteiger partial charge in [-0.1, -0.05) is 18.2 Å². The van der Waals surface area contributed by atoms with E-state index in [0.717, 1.165) is 19.4 Å². The van der Waals surface area contributed by atoms with Gasteiger partial charge in [0.1, 0.15) is 23.1 Å². The minimum absolute atomic E-state index is 0.0568. The molecule has 0 atom stereocenters. The number of aromatic nitrogens is 3. The van der Waals surface area contributed by atoms with Crippen molar-refractivity contribution in [1.29, 1.82) is 0 Å². The summed E-state index contributed by atoms with van der Waals surface area (Å²) in [5.41, 5.74) is 12.0. The fraction of sp³-hybridized carbons (Fsp3) is 0.105. The summed E-state index contributed by atoms with van der Waals surface area (Å²) in [6, 6.07) is 7.28. The fourth-order valence-corrected chi connectivity index (χ4v) is 2.62. The Morgan fingerprint density at radius 1 is 1.19 bits per heavy atom. The van der Waals surface area contributed by atoms with Gasteiger partial charge in [0, 0.05) is 12.1 Å². The molecule has 0 unspecified atom stereocenters. The molecule has 1 aromatic carbocycles. The van der Waals surface area contributed by atoms with Gasteiger partial charge in [-0.2, -0.15) is 0 Å². The highest BCUT2D eigenvalue weighted by Gasteiger charge is 2.23. The smallest absolute Gasteiger partial charge is 0.411 e. The monoisotopic (exact) mass is 429 g/mol. The molecule has 3 aromatic rings. The van der Waals surface area contributed by atoms with Crippen molar-refractivity contribution in [2.24, 2.45) is 0 Å². The Labute approximate surface area is 175 Å². The predicted molar refractivity (Wildman–Crippen MR) is 110 cm³/mol. The molecular weight excluding hydrogens is 410 g/mol. The Morgan fingerprint density at radius 2 is 1.87 bits per heavy atom. The molecule has 0 fully saturated rings. The van der Waals surface area contributed by atoms with E-state index in [9.17, 15) is 13.6 Å². The van der Waals surface area contributed by atoms with Gasteiger partial charge in [-0.15, -0.1) is 0 Å². The Hall–Kier alpha value is -4.35. The summed E-state index contributed by atoms with van der Waals surface area (Å²) in [4.78, 5) is 23.4. The molecule has 8 N–H and O–H groups in total. The lowest BCUT2D eigenvalue weighted by atomic mass is 10.1. The quantitative estimate of drug-likeness (QED) is 0.357. The van der Waals surface area contributed by atoms with Crippen molar-refractivity contribution in [1.82, 2.24) is 15.0 Å². The second kappa shape index (κ2) is 8.98. The zero-order valence-electron chi connectivity index (χ0n) is 16.3. The van der Waals surface area contributed by atoms with Gasteiger partial charge < -0.3 is 21.5 Å². The van der Waals surface area contributed by atoms with Crippen LogP contribution in [0, 0.1) is 11.6 Å². The maximum atomic E-state index is 13.9. The van der Waals surface area contributed by atoms with E-state index in [4.69, 9.17) is 16.9 Å². The average Bonchev–Trinajstić information content (AvgIpc) is 2.75. The van der Waals surface area contributed by atoms with Gasteiger partial charge in [-0.05, 0) is 12.1 Å². The molecular formula is C19H19F2N8O2+. The molecule has 0 radical (unpaired) electrons. The predicted octanol–water partition coefficient (Wildman–Crippen LogP) is 0.701. The molecule has 0 saturated carbocycles. The minimum atomic E-state index is -0.819. The third-order valence-electron chi connectivity index (χ3n) is 4.17. The third-order valence-corrected chi connectivity index (χ3v) is 4.17. The van der Waals surface area contributed by atoms with Crippen molar-refractivity contribution >= 4 is 34.9 Å². The molecule has 2 aromatic heterocycles. The highest BCUT2D eigenvalue weighted by molar-refractivity contribution is 6.10. The van der Waals surface area contributed by atoms with E-state index in [-0.39, 0.29) is 46.8 Å². The van der Waals surface area contributed by atoms with Gasteiger partial charge >= 0.3 is 6.09 Å². The molecule has 0 spiro atoms.